The summed E-state index contributed by atoms with van der Waals surface area (Å²) < 4.78 is 0. The molecule has 1 aromatic rings. The van der Waals surface area contributed by atoms with Gasteiger partial charge in [0, 0.05) is 5.56 Å². The van der Waals surface area contributed by atoms with E-state index in [2.05, 4.69) is 26.5 Å². The van der Waals surface area contributed by atoms with Crippen LogP contribution < -0.4 is 0 Å². The Morgan fingerprint density at radius 3 is 2.31 bits per heavy atom. The molecule has 0 bridgehead atoms. The third-order valence-electron chi connectivity index (χ3n) is 2.34. The van der Waals surface area contributed by atoms with E-state index in [-0.39, 0.29) is 5.12 Å². The molecule has 0 aliphatic carbocycles. The Morgan fingerprint density at radius 2 is 1.92 bits per heavy atom. The number of carbonyl (C=O) groups excluding carboxylic acids is 1. The highest BCUT2D eigenvalue weighted by Crippen LogP contribution is 2.19. The second-order valence-electron chi connectivity index (χ2n) is 3.24. The summed E-state index contributed by atoms with van der Waals surface area (Å²) in [6.07, 6.45) is 1.12. The molecule has 0 aliphatic heterocycles. The Hall–Kier alpha value is -0.760. The number of benzene rings is 1. The van der Waals surface area contributed by atoms with E-state index < -0.39 is 0 Å². The van der Waals surface area contributed by atoms with Crippen LogP contribution in [-0.2, 0) is 0 Å². The van der Waals surface area contributed by atoms with Gasteiger partial charge in [-0.05, 0) is 17.9 Å². The molecule has 0 amide bonds. The largest absolute Gasteiger partial charge is 0.282 e. The summed E-state index contributed by atoms with van der Waals surface area (Å²) >= 11 is 3.76. The maximum absolute atomic E-state index is 10.9. The van der Waals surface area contributed by atoms with Gasteiger partial charge in [-0.25, -0.2) is 0 Å². The minimum Gasteiger partial charge on any atom is -0.282 e. The monoisotopic (exact) mass is 194 g/mol. The summed E-state index contributed by atoms with van der Waals surface area (Å²) in [5.41, 5.74) is 1.94. The Kier molecular flexibility index (Phi) is 3.55. The minimum atomic E-state index is -0.171. The van der Waals surface area contributed by atoms with Crippen LogP contribution >= 0.6 is 12.6 Å². The van der Waals surface area contributed by atoms with Crippen molar-refractivity contribution >= 4 is 17.7 Å². The fraction of sp³-hybridized carbons (Fsp3) is 0.364. The summed E-state index contributed by atoms with van der Waals surface area (Å²) in [6.45, 7) is 4.33. The lowest BCUT2D eigenvalue weighted by atomic mass is 9.98. The van der Waals surface area contributed by atoms with E-state index in [1.54, 1.807) is 0 Å². The van der Waals surface area contributed by atoms with Gasteiger partial charge in [0.2, 0.25) is 5.12 Å². The molecule has 0 aliphatic rings. The zero-order chi connectivity index (χ0) is 9.84. The van der Waals surface area contributed by atoms with Crippen molar-refractivity contribution in [3.63, 3.8) is 0 Å². The van der Waals surface area contributed by atoms with Crippen LogP contribution in [0.1, 0.15) is 42.1 Å². The quantitative estimate of drug-likeness (QED) is 0.731. The molecule has 0 spiro atoms. The van der Waals surface area contributed by atoms with Crippen molar-refractivity contribution in [2.24, 2.45) is 0 Å². The smallest absolute Gasteiger partial charge is 0.216 e. The molecule has 0 saturated carbocycles. The molecule has 2 heteroatoms. The van der Waals surface area contributed by atoms with E-state index in [9.17, 15) is 4.79 Å². The molecule has 1 nitrogen and oxygen atoms in total. The molecule has 0 aromatic heterocycles. The second kappa shape index (κ2) is 4.47. The molecule has 0 N–H and O–H groups in total. The predicted octanol–water partition coefficient (Wildman–Crippen LogP) is 3.27. The van der Waals surface area contributed by atoms with Gasteiger partial charge in [-0.15, -0.1) is 12.6 Å². The van der Waals surface area contributed by atoms with E-state index in [1.807, 2.05) is 24.3 Å². The molecular formula is C11H14OS. The van der Waals surface area contributed by atoms with E-state index in [0.29, 0.717) is 11.5 Å². The number of hydrogen-bond acceptors (Lipinski definition) is 1. The molecule has 0 heterocycles. The fourth-order valence-electron chi connectivity index (χ4n) is 1.19. The average molecular weight is 194 g/mol. The molecule has 1 atom stereocenters. The molecule has 70 valence electrons. The molecule has 1 rings (SSSR count). The average Bonchev–Trinajstić information content (AvgIpc) is 2.17. The van der Waals surface area contributed by atoms with Crippen molar-refractivity contribution in [2.45, 2.75) is 26.2 Å². The molecule has 13 heavy (non-hydrogen) atoms. The van der Waals surface area contributed by atoms with Gasteiger partial charge in [0.15, 0.2) is 0 Å². The zero-order valence-electron chi connectivity index (χ0n) is 7.95. The summed E-state index contributed by atoms with van der Waals surface area (Å²) in [7, 11) is 0. The van der Waals surface area contributed by atoms with Crippen LogP contribution in [-0.4, -0.2) is 5.12 Å². The maximum atomic E-state index is 10.9. The van der Waals surface area contributed by atoms with Crippen molar-refractivity contribution in [1.29, 1.82) is 0 Å². The third-order valence-corrected chi connectivity index (χ3v) is 2.60. The van der Waals surface area contributed by atoms with E-state index >= 15 is 0 Å². The van der Waals surface area contributed by atoms with Crippen molar-refractivity contribution in [2.75, 3.05) is 0 Å². The SMILES string of the molecule is CCC(C)c1ccc(C(=O)S)cc1. The van der Waals surface area contributed by atoms with Crippen LogP contribution in [0.2, 0.25) is 0 Å². The fourth-order valence-corrected chi connectivity index (χ4v) is 1.34. The van der Waals surface area contributed by atoms with Crippen molar-refractivity contribution in [3.8, 4) is 0 Å². The van der Waals surface area contributed by atoms with Gasteiger partial charge < -0.3 is 0 Å². The van der Waals surface area contributed by atoms with Crippen LogP contribution in [0.4, 0.5) is 0 Å². The van der Waals surface area contributed by atoms with E-state index in [4.69, 9.17) is 0 Å². The van der Waals surface area contributed by atoms with Gasteiger partial charge in [0.1, 0.15) is 0 Å². The number of rotatable bonds is 3. The first kappa shape index (κ1) is 10.3. The van der Waals surface area contributed by atoms with Crippen LogP contribution in [0.3, 0.4) is 0 Å². The second-order valence-corrected chi connectivity index (χ2v) is 3.64. The summed E-state index contributed by atoms with van der Waals surface area (Å²) in [4.78, 5) is 10.9. The van der Waals surface area contributed by atoms with Crippen LogP contribution in [0.25, 0.3) is 0 Å². The minimum absolute atomic E-state index is 0.171. The lowest BCUT2D eigenvalue weighted by molar-refractivity contribution is 0.109. The summed E-state index contributed by atoms with van der Waals surface area (Å²) in [5, 5.41) is -0.171. The van der Waals surface area contributed by atoms with Gasteiger partial charge in [-0.2, -0.15) is 0 Å². The van der Waals surface area contributed by atoms with E-state index in [1.165, 1.54) is 5.56 Å². The van der Waals surface area contributed by atoms with Gasteiger partial charge in [0.25, 0.3) is 0 Å². The Bertz CT molecular complexity index is 289. The molecular weight excluding hydrogens is 180 g/mol. The first-order chi connectivity index (χ1) is 6.15. The highest BCUT2D eigenvalue weighted by molar-refractivity contribution is 7.97. The Balaban J connectivity index is 2.87. The van der Waals surface area contributed by atoms with Crippen molar-refractivity contribution in [1.82, 2.24) is 0 Å². The standard InChI is InChI=1S/C11H14OS/c1-3-8(2)9-4-6-10(7-5-9)11(12)13/h4-8H,3H2,1-2H3,(H,12,13). The molecule has 0 saturated heterocycles. The first-order valence-corrected chi connectivity index (χ1v) is 4.93. The lowest BCUT2D eigenvalue weighted by Crippen LogP contribution is -1.93. The van der Waals surface area contributed by atoms with Crippen LogP contribution in [0.5, 0.6) is 0 Å². The molecule has 0 radical (unpaired) electrons. The van der Waals surface area contributed by atoms with Crippen molar-refractivity contribution in [3.05, 3.63) is 35.4 Å². The summed E-state index contributed by atoms with van der Waals surface area (Å²) in [6, 6.07) is 7.66. The van der Waals surface area contributed by atoms with Crippen LogP contribution in [0.15, 0.2) is 24.3 Å². The van der Waals surface area contributed by atoms with Crippen LogP contribution in [0, 0.1) is 0 Å². The summed E-state index contributed by atoms with van der Waals surface area (Å²) in [5.74, 6) is 0.559. The maximum Gasteiger partial charge on any atom is 0.216 e. The molecule has 0 fully saturated rings. The Morgan fingerprint density at radius 1 is 1.38 bits per heavy atom. The van der Waals surface area contributed by atoms with Gasteiger partial charge in [0.05, 0.1) is 0 Å². The molecule has 1 unspecified atom stereocenters. The molecule has 1 aromatic carbocycles. The number of thiol groups is 1. The predicted molar refractivity (Wildman–Crippen MR) is 58.5 cm³/mol. The van der Waals surface area contributed by atoms with Gasteiger partial charge >= 0.3 is 0 Å². The Labute approximate surface area is 84.6 Å². The highest BCUT2D eigenvalue weighted by Gasteiger charge is 2.03. The lowest BCUT2D eigenvalue weighted by Gasteiger charge is -2.08. The number of carbonyl (C=O) groups is 1. The van der Waals surface area contributed by atoms with Gasteiger partial charge in [-0.1, -0.05) is 38.1 Å². The van der Waals surface area contributed by atoms with E-state index in [0.717, 1.165) is 6.42 Å². The third kappa shape index (κ3) is 2.59. The highest BCUT2D eigenvalue weighted by atomic mass is 32.1. The first-order valence-electron chi connectivity index (χ1n) is 4.48. The van der Waals surface area contributed by atoms with Crippen molar-refractivity contribution < 1.29 is 4.79 Å². The zero-order valence-corrected chi connectivity index (χ0v) is 8.84. The normalized spacial score (nSPS) is 12.5. The topological polar surface area (TPSA) is 17.1 Å². The number of hydrogen-bond donors (Lipinski definition) is 1. The van der Waals surface area contributed by atoms with Gasteiger partial charge in [-0.3, -0.25) is 4.79 Å².